The largest absolute Gasteiger partial charge is 0.353 e. The van der Waals surface area contributed by atoms with E-state index in [0.717, 1.165) is 18.5 Å². The minimum atomic E-state index is 0.159. The molecule has 1 aliphatic heterocycles. The van der Waals surface area contributed by atoms with Gasteiger partial charge in [0.25, 0.3) is 0 Å². The molecule has 1 aromatic heterocycles. The summed E-state index contributed by atoms with van der Waals surface area (Å²) >= 11 is 0. The molecule has 2 unspecified atom stereocenters. The minimum absolute atomic E-state index is 0.159. The molecule has 2 heterocycles. The highest BCUT2D eigenvalue weighted by molar-refractivity contribution is 5.43. The van der Waals surface area contributed by atoms with Crippen molar-refractivity contribution in [1.82, 2.24) is 10.3 Å². The number of nitrogens with one attached hydrogen (secondary N) is 1. The molecule has 0 spiro atoms. The van der Waals surface area contributed by atoms with Crippen molar-refractivity contribution in [1.29, 1.82) is 0 Å². The van der Waals surface area contributed by atoms with E-state index in [9.17, 15) is 0 Å². The van der Waals surface area contributed by atoms with Crippen LogP contribution in [-0.2, 0) is 6.54 Å². The van der Waals surface area contributed by atoms with Crippen molar-refractivity contribution >= 4 is 5.82 Å². The Balaban J connectivity index is 1.63. The molecule has 1 saturated heterocycles. The minimum Gasteiger partial charge on any atom is -0.353 e. The van der Waals surface area contributed by atoms with Crippen LogP contribution in [0.1, 0.15) is 45.6 Å². The first kappa shape index (κ1) is 12.9. The molecule has 2 bridgehead atoms. The maximum Gasteiger partial charge on any atom is 0.128 e. The number of aromatic nitrogens is 1. The third-order valence-corrected chi connectivity index (χ3v) is 4.34. The van der Waals surface area contributed by atoms with E-state index >= 15 is 0 Å². The second-order valence-electron chi connectivity index (χ2n) is 7.11. The number of fused-ring (bicyclic) bond motifs is 2. The second-order valence-corrected chi connectivity index (χ2v) is 7.11. The average Bonchev–Trinajstić information content (AvgIpc) is 2.98. The molecule has 2 fully saturated rings. The Kier molecular flexibility index (Phi) is 3.25. The van der Waals surface area contributed by atoms with E-state index in [4.69, 9.17) is 0 Å². The predicted octanol–water partition coefficient (Wildman–Crippen LogP) is 2.96. The van der Waals surface area contributed by atoms with Crippen molar-refractivity contribution in [3.05, 3.63) is 23.9 Å². The summed E-state index contributed by atoms with van der Waals surface area (Å²) in [6.45, 7) is 8.68. The molecule has 3 heteroatoms. The SMILES string of the molecule is CC(C)(C)NCc1ccc(N2CC3CCC2C3)nc1. The lowest BCUT2D eigenvalue weighted by Gasteiger charge is -2.28. The van der Waals surface area contributed by atoms with Crippen LogP contribution in [0.2, 0.25) is 0 Å². The molecule has 1 saturated carbocycles. The van der Waals surface area contributed by atoms with Crippen molar-refractivity contribution in [2.45, 2.75) is 58.2 Å². The van der Waals surface area contributed by atoms with Gasteiger partial charge in [0.2, 0.25) is 0 Å². The fraction of sp³-hybridized carbons (Fsp3) is 0.688. The fourth-order valence-corrected chi connectivity index (χ4v) is 3.26. The zero-order chi connectivity index (χ0) is 13.5. The van der Waals surface area contributed by atoms with Gasteiger partial charge >= 0.3 is 0 Å². The maximum absolute atomic E-state index is 4.67. The normalized spacial score (nSPS) is 26.2. The van der Waals surface area contributed by atoms with Crippen LogP contribution in [0.15, 0.2) is 18.3 Å². The van der Waals surface area contributed by atoms with Gasteiger partial charge in [0.1, 0.15) is 5.82 Å². The number of piperidine rings is 1. The van der Waals surface area contributed by atoms with Gasteiger partial charge < -0.3 is 10.2 Å². The van der Waals surface area contributed by atoms with Gasteiger partial charge in [0.05, 0.1) is 0 Å². The standard InChI is InChI=1S/C16H25N3/c1-16(2,3)18-10-13-5-7-15(17-9-13)19-11-12-4-6-14(19)8-12/h5,7,9,12,14,18H,4,6,8,10-11H2,1-3H3. The monoisotopic (exact) mass is 259 g/mol. The van der Waals surface area contributed by atoms with Crippen LogP contribution in [0.3, 0.4) is 0 Å². The van der Waals surface area contributed by atoms with Crippen LogP contribution in [0.25, 0.3) is 0 Å². The van der Waals surface area contributed by atoms with E-state index in [2.05, 4.69) is 48.1 Å². The molecule has 19 heavy (non-hydrogen) atoms. The summed E-state index contributed by atoms with van der Waals surface area (Å²) in [7, 11) is 0. The first-order chi connectivity index (χ1) is 9.01. The lowest BCUT2D eigenvalue weighted by Crippen LogP contribution is -2.35. The van der Waals surface area contributed by atoms with E-state index in [1.165, 1.54) is 37.2 Å². The Morgan fingerprint density at radius 1 is 1.32 bits per heavy atom. The number of hydrogen-bond donors (Lipinski definition) is 1. The third-order valence-electron chi connectivity index (χ3n) is 4.34. The number of hydrogen-bond acceptors (Lipinski definition) is 3. The van der Waals surface area contributed by atoms with Crippen LogP contribution in [0.5, 0.6) is 0 Å². The van der Waals surface area contributed by atoms with Crippen molar-refractivity contribution in [2.75, 3.05) is 11.4 Å². The lowest BCUT2D eigenvalue weighted by atomic mass is 10.1. The Morgan fingerprint density at radius 2 is 2.16 bits per heavy atom. The molecule has 0 amide bonds. The Hall–Kier alpha value is -1.09. The van der Waals surface area contributed by atoms with E-state index in [-0.39, 0.29) is 5.54 Å². The maximum atomic E-state index is 4.67. The summed E-state index contributed by atoms with van der Waals surface area (Å²) in [5, 5.41) is 3.50. The van der Waals surface area contributed by atoms with Gasteiger partial charge in [-0.2, -0.15) is 0 Å². The van der Waals surface area contributed by atoms with Crippen molar-refractivity contribution in [2.24, 2.45) is 5.92 Å². The highest BCUT2D eigenvalue weighted by Crippen LogP contribution is 2.39. The average molecular weight is 259 g/mol. The molecule has 3 rings (SSSR count). The molecule has 2 aliphatic rings. The molecular weight excluding hydrogens is 234 g/mol. The molecule has 0 aromatic carbocycles. The van der Waals surface area contributed by atoms with Gasteiger partial charge in [-0.3, -0.25) is 0 Å². The Labute approximate surface area is 116 Å². The van der Waals surface area contributed by atoms with Crippen molar-refractivity contribution < 1.29 is 0 Å². The molecule has 3 nitrogen and oxygen atoms in total. The topological polar surface area (TPSA) is 28.2 Å². The van der Waals surface area contributed by atoms with Gasteiger partial charge in [-0.1, -0.05) is 6.07 Å². The molecule has 1 aliphatic carbocycles. The summed E-state index contributed by atoms with van der Waals surface area (Å²) in [4.78, 5) is 7.18. The molecule has 1 N–H and O–H groups in total. The van der Waals surface area contributed by atoms with Gasteiger partial charge in [0.15, 0.2) is 0 Å². The van der Waals surface area contributed by atoms with E-state index in [1.807, 2.05) is 6.20 Å². The zero-order valence-corrected chi connectivity index (χ0v) is 12.3. The summed E-state index contributed by atoms with van der Waals surface area (Å²) in [5.41, 5.74) is 1.43. The van der Waals surface area contributed by atoms with E-state index in [1.54, 1.807) is 0 Å². The number of anilines is 1. The highest BCUT2D eigenvalue weighted by atomic mass is 15.2. The Morgan fingerprint density at radius 3 is 2.68 bits per heavy atom. The first-order valence-corrected chi connectivity index (χ1v) is 7.48. The number of nitrogens with zero attached hydrogens (tertiary/aromatic N) is 2. The summed E-state index contributed by atoms with van der Waals surface area (Å²) in [5.74, 6) is 2.10. The molecule has 0 radical (unpaired) electrons. The lowest BCUT2D eigenvalue weighted by molar-refractivity contribution is 0.424. The third kappa shape index (κ3) is 2.92. The molecular formula is C16H25N3. The van der Waals surface area contributed by atoms with Crippen molar-refractivity contribution in [3.63, 3.8) is 0 Å². The molecule has 1 aromatic rings. The van der Waals surface area contributed by atoms with Crippen molar-refractivity contribution in [3.8, 4) is 0 Å². The fourth-order valence-electron chi connectivity index (χ4n) is 3.26. The molecule has 104 valence electrons. The van der Waals surface area contributed by atoms with Gasteiger partial charge in [-0.05, 0) is 57.6 Å². The van der Waals surface area contributed by atoms with Crippen LogP contribution in [-0.4, -0.2) is 23.1 Å². The van der Waals surface area contributed by atoms with Gasteiger partial charge in [-0.25, -0.2) is 4.98 Å². The Bertz CT molecular complexity index is 432. The first-order valence-electron chi connectivity index (χ1n) is 7.48. The van der Waals surface area contributed by atoms with Crippen LogP contribution >= 0.6 is 0 Å². The number of pyridine rings is 1. The van der Waals surface area contributed by atoms with Gasteiger partial charge in [-0.15, -0.1) is 0 Å². The van der Waals surface area contributed by atoms with Crippen LogP contribution < -0.4 is 10.2 Å². The zero-order valence-electron chi connectivity index (χ0n) is 12.3. The van der Waals surface area contributed by atoms with E-state index in [0.29, 0.717) is 0 Å². The molecule has 2 atom stereocenters. The quantitative estimate of drug-likeness (QED) is 0.904. The van der Waals surface area contributed by atoms with Gasteiger partial charge in [0, 0.05) is 30.9 Å². The smallest absolute Gasteiger partial charge is 0.128 e. The number of rotatable bonds is 3. The second kappa shape index (κ2) is 4.78. The van der Waals surface area contributed by atoms with Crippen LogP contribution in [0, 0.1) is 5.92 Å². The summed E-state index contributed by atoms with van der Waals surface area (Å²) in [6, 6.07) is 5.17. The summed E-state index contributed by atoms with van der Waals surface area (Å²) < 4.78 is 0. The van der Waals surface area contributed by atoms with Crippen LogP contribution in [0.4, 0.5) is 5.82 Å². The highest BCUT2D eigenvalue weighted by Gasteiger charge is 2.38. The summed E-state index contributed by atoms with van der Waals surface area (Å²) in [6.07, 6.45) is 6.20. The predicted molar refractivity (Wildman–Crippen MR) is 79.3 cm³/mol. The van der Waals surface area contributed by atoms with E-state index < -0.39 is 0 Å².